The number of hydrogen-bond acceptors (Lipinski definition) is 5. The van der Waals surface area contributed by atoms with Gasteiger partial charge in [0.1, 0.15) is 0 Å². The van der Waals surface area contributed by atoms with Gasteiger partial charge in [0.25, 0.3) is 0 Å². The minimum atomic E-state index is 0. The summed E-state index contributed by atoms with van der Waals surface area (Å²) in [6.45, 7) is 0. The van der Waals surface area contributed by atoms with Gasteiger partial charge in [-0.3, -0.25) is 0 Å². The van der Waals surface area contributed by atoms with E-state index in [2.05, 4.69) is 151 Å². The van der Waals surface area contributed by atoms with Crippen LogP contribution in [0.5, 0.6) is 0 Å². The summed E-state index contributed by atoms with van der Waals surface area (Å²) >= 11 is 0. The average molecular weight is 1100 g/mol. The normalized spacial score (nSPS) is 11.2. The summed E-state index contributed by atoms with van der Waals surface area (Å²) in [7, 11) is 0. The summed E-state index contributed by atoms with van der Waals surface area (Å²) in [4.78, 5) is 19.4. The molecule has 0 amide bonds. The first-order valence-electron chi connectivity index (χ1n) is 24.1. The van der Waals surface area contributed by atoms with Crippen molar-refractivity contribution in [2.75, 3.05) is 0 Å². The first-order valence-corrected chi connectivity index (χ1v) is 24.1. The molecule has 0 saturated heterocycles. The van der Waals surface area contributed by atoms with Gasteiger partial charge in [-0.25, -0.2) is 4.98 Å². The van der Waals surface area contributed by atoms with E-state index in [0.717, 1.165) is 115 Å². The maximum atomic E-state index is 6.41. The Bertz CT molecular complexity index is 3680. The van der Waals surface area contributed by atoms with Crippen LogP contribution in [0.3, 0.4) is 0 Å². The van der Waals surface area contributed by atoms with E-state index in [0.29, 0.717) is 5.71 Å². The summed E-state index contributed by atoms with van der Waals surface area (Å²) in [6, 6.07) is 80.1. The minimum absolute atomic E-state index is 0. The van der Waals surface area contributed by atoms with E-state index in [-0.39, 0.29) is 20.1 Å². The average Bonchev–Trinajstić information content (AvgIpc) is 3.84. The molecule has 72 heavy (non-hydrogen) atoms. The predicted molar refractivity (Wildman–Crippen MR) is 287 cm³/mol. The molecule has 12 aromatic rings. The number of benzene rings is 7. The molecule has 5 nitrogen and oxygen atoms in total. The minimum Gasteiger partial charge on any atom is -0.486 e. The van der Waals surface area contributed by atoms with Gasteiger partial charge in [-0.1, -0.05) is 138 Å². The van der Waals surface area contributed by atoms with Crippen molar-refractivity contribution in [3.05, 3.63) is 265 Å². The summed E-state index contributed by atoms with van der Waals surface area (Å²) < 4.78 is 6.41. The zero-order valence-corrected chi connectivity index (χ0v) is 41.6. The first kappa shape index (κ1) is 46.0. The Morgan fingerprint density at radius 1 is 0.361 bits per heavy atom. The summed E-state index contributed by atoms with van der Waals surface area (Å²) in [5, 5.41) is 1.95. The monoisotopic (exact) mass is 1100 g/mol. The van der Waals surface area contributed by atoms with Crippen molar-refractivity contribution in [1.29, 1.82) is 0 Å². The Morgan fingerprint density at radius 2 is 0.958 bits per heavy atom. The molecule has 0 spiro atoms. The molecule has 12 rings (SSSR count). The van der Waals surface area contributed by atoms with Crippen LogP contribution in [0, 0.1) is 18.2 Å². The van der Waals surface area contributed by atoms with E-state index in [1.165, 1.54) is 27.8 Å². The number of furan rings is 1. The zero-order chi connectivity index (χ0) is 47.3. The molecule has 0 N–H and O–H groups in total. The molecular weight excluding hydrogens is 1060 g/mol. The number of aromatic nitrogens is 4. The van der Waals surface area contributed by atoms with E-state index in [1.54, 1.807) is 6.20 Å². The quantitative estimate of drug-likeness (QED) is 0.108. The van der Waals surface area contributed by atoms with Gasteiger partial charge in [0.15, 0.2) is 0 Å². The van der Waals surface area contributed by atoms with Crippen LogP contribution in [0.4, 0.5) is 0 Å². The van der Waals surface area contributed by atoms with Gasteiger partial charge >= 0.3 is 20.1 Å². The van der Waals surface area contributed by atoms with Gasteiger partial charge in [0.05, 0.1) is 5.58 Å². The zero-order valence-electron chi connectivity index (χ0n) is 39.2. The van der Waals surface area contributed by atoms with Crippen LogP contribution in [-0.4, -0.2) is 19.9 Å². The molecule has 0 saturated carbocycles. The largest absolute Gasteiger partial charge is 3.00 e. The van der Waals surface area contributed by atoms with Crippen molar-refractivity contribution in [3.8, 4) is 78.3 Å². The van der Waals surface area contributed by atoms with E-state index < -0.39 is 0 Å². The predicted octanol–water partition coefficient (Wildman–Crippen LogP) is 15.8. The molecule has 5 aromatic heterocycles. The Hall–Kier alpha value is -8.41. The molecule has 0 radical (unpaired) electrons. The van der Waals surface area contributed by atoms with Crippen LogP contribution >= 0.6 is 0 Å². The molecule has 5 heterocycles. The fourth-order valence-corrected chi connectivity index (χ4v) is 9.61. The number of rotatable bonds is 13. The van der Waals surface area contributed by atoms with Crippen LogP contribution in [-0.2, 0) is 45.8 Å². The third-order valence-electron chi connectivity index (χ3n) is 13.3. The number of aryl methyl sites for hydroxylation is 4. The number of nitrogens with zero attached hydrogens (tertiary/aromatic N) is 4. The van der Waals surface area contributed by atoms with Crippen LogP contribution in [0.2, 0.25) is 0 Å². The molecule has 0 bridgehead atoms. The van der Waals surface area contributed by atoms with Gasteiger partial charge in [-0.15, -0.1) is 90.0 Å². The Balaban J connectivity index is 0.00000560. The maximum Gasteiger partial charge on any atom is 3.00 e. The molecule has 7 aromatic carbocycles. The number of fused-ring (bicyclic) bond motifs is 3. The second-order valence-electron chi connectivity index (χ2n) is 17.9. The fourth-order valence-electron chi connectivity index (χ4n) is 9.61. The standard InChI is InChI=1S/C66H45N4O.Ir/c1-4-14-49(15-5-1)50-31-33-51(34-32-50)60-41-64(59-23-12-22-57-58-24-13-37-67-66(58)71-65(57)59)70-44-61(60)56-21-11-10-20-55(56)54-39-47(27-25-45-29-35-62(68-42-45)52-16-6-2-7-17-52)38-48(40-54)28-26-46-30-36-63(69-43-46)53-18-8-3-9-19-53;/h1-16,18,20-22,24,29-44H,25-28H2;/q-3;+3. The molecule has 0 unspecified atom stereocenters. The van der Waals surface area contributed by atoms with Gasteiger partial charge in [0.2, 0.25) is 5.71 Å². The van der Waals surface area contributed by atoms with Gasteiger partial charge in [-0.2, -0.15) is 0 Å². The van der Waals surface area contributed by atoms with E-state index in [9.17, 15) is 0 Å². The Morgan fingerprint density at radius 3 is 1.60 bits per heavy atom. The summed E-state index contributed by atoms with van der Waals surface area (Å²) in [5.41, 5.74) is 20.6. The van der Waals surface area contributed by atoms with Crippen molar-refractivity contribution in [2.45, 2.75) is 25.7 Å². The van der Waals surface area contributed by atoms with Crippen LogP contribution in [0.25, 0.3) is 100 Å². The number of hydrogen-bond donors (Lipinski definition) is 0. The molecule has 6 heteroatoms. The summed E-state index contributed by atoms with van der Waals surface area (Å²) in [6.07, 6.45) is 11.2. The van der Waals surface area contributed by atoms with Crippen LogP contribution in [0.1, 0.15) is 22.3 Å². The molecule has 0 aliphatic carbocycles. The van der Waals surface area contributed by atoms with Crippen molar-refractivity contribution in [2.24, 2.45) is 0 Å². The molecular formula is C66H45IrN4O. The van der Waals surface area contributed by atoms with Crippen molar-refractivity contribution < 1.29 is 24.5 Å². The Kier molecular flexibility index (Phi) is 13.4. The third kappa shape index (κ3) is 9.71. The maximum absolute atomic E-state index is 6.41. The second kappa shape index (κ2) is 20.9. The van der Waals surface area contributed by atoms with Gasteiger partial charge in [0, 0.05) is 35.7 Å². The smallest absolute Gasteiger partial charge is 0.486 e. The second-order valence-corrected chi connectivity index (χ2v) is 17.9. The van der Waals surface area contributed by atoms with Crippen LogP contribution in [0.15, 0.2) is 229 Å². The first-order chi connectivity index (χ1) is 35.2. The van der Waals surface area contributed by atoms with Crippen LogP contribution < -0.4 is 0 Å². The molecule has 0 fully saturated rings. The molecule has 0 aliphatic heterocycles. The van der Waals surface area contributed by atoms with Gasteiger partial charge < -0.3 is 19.4 Å². The molecule has 344 valence electrons. The third-order valence-corrected chi connectivity index (χ3v) is 13.3. The van der Waals surface area contributed by atoms with Gasteiger partial charge in [-0.05, 0) is 116 Å². The SMILES string of the molecule is [Ir+3].[c-]1ccccc1-c1ccc(CCc2cc(CCc3ccc(-c4[c-]cccc4)nc3)cc(-c3ccccc3-c3cnc(-c4[c-]ccc5c4oc4ncccc45)cc3-c3ccc(-c4ccccc4)cc3)c2)cn1. The molecule has 0 aliphatic rings. The fraction of sp³-hybridized carbons (Fsp3) is 0.0606. The van der Waals surface area contributed by atoms with E-state index in [1.807, 2.05) is 91.4 Å². The van der Waals surface area contributed by atoms with E-state index in [4.69, 9.17) is 19.4 Å². The van der Waals surface area contributed by atoms with E-state index >= 15 is 0 Å². The van der Waals surface area contributed by atoms with Crippen molar-refractivity contribution >= 4 is 22.1 Å². The molecule has 0 atom stereocenters. The number of pyridine rings is 4. The van der Waals surface area contributed by atoms with Crippen molar-refractivity contribution in [1.82, 2.24) is 19.9 Å². The topological polar surface area (TPSA) is 64.7 Å². The van der Waals surface area contributed by atoms with Crippen molar-refractivity contribution in [3.63, 3.8) is 0 Å². The Labute approximate surface area is 433 Å². The summed E-state index contributed by atoms with van der Waals surface area (Å²) in [5.74, 6) is 0.